The molecule has 0 bridgehead atoms. The van der Waals surface area contributed by atoms with Gasteiger partial charge in [-0.25, -0.2) is 0 Å². The molecule has 0 saturated carbocycles. The van der Waals surface area contributed by atoms with Gasteiger partial charge in [-0.15, -0.1) is 0 Å². The molecule has 5 heteroatoms. The third-order valence-corrected chi connectivity index (χ3v) is 5.73. The van der Waals surface area contributed by atoms with Gasteiger partial charge in [0.1, 0.15) is 0 Å². The molecule has 1 N–H and O–H groups in total. The third-order valence-electron chi connectivity index (χ3n) is 2.78. The van der Waals surface area contributed by atoms with Crippen molar-refractivity contribution in [1.82, 2.24) is 0 Å². The van der Waals surface area contributed by atoms with Crippen LogP contribution < -0.4 is 5.50 Å². The molecule has 0 aliphatic heterocycles. The second-order valence-electron chi connectivity index (χ2n) is 4.27. The van der Waals surface area contributed by atoms with Gasteiger partial charge in [0.15, 0.2) is 0 Å². The van der Waals surface area contributed by atoms with Crippen LogP contribution in [0.15, 0.2) is 34.7 Å². The SMILES string of the molecule is CCOP(C)(O)(OCC)c1cc2ccccc2o1. The monoisotopic (exact) mass is 270 g/mol. The van der Waals surface area contributed by atoms with Gasteiger partial charge >= 0.3 is 106 Å². The molecule has 0 unspecified atom stereocenters. The van der Waals surface area contributed by atoms with Crippen molar-refractivity contribution in [3.05, 3.63) is 30.3 Å². The van der Waals surface area contributed by atoms with Crippen LogP contribution in [0.25, 0.3) is 11.0 Å². The average molecular weight is 270 g/mol. The summed E-state index contributed by atoms with van der Waals surface area (Å²) in [6, 6.07) is 9.38. The summed E-state index contributed by atoms with van der Waals surface area (Å²) in [6.45, 7) is 5.96. The Balaban J connectivity index is 2.54. The number of hydrogen-bond donors (Lipinski definition) is 1. The summed E-state index contributed by atoms with van der Waals surface area (Å²) >= 11 is 0. The van der Waals surface area contributed by atoms with Crippen LogP contribution in [-0.4, -0.2) is 24.8 Å². The van der Waals surface area contributed by atoms with Gasteiger partial charge in [0.25, 0.3) is 0 Å². The molecule has 2 aromatic rings. The Morgan fingerprint density at radius 1 is 1.17 bits per heavy atom. The van der Waals surface area contributed by atoms with Crippen molar-refractivity contribution in [3.8, 4) is 0 Å². The first-order valence-electron chi connectivity index (χ1n) is 6.04. The minimum atomic E-state index is -3.86. The topological polar surface area (TPSA) is 51.8 Å². The fourth-order valence-electron chi connectivity index (χ4n) is 1.99. The Morgan fingerprint density at radius 2 is 1.78 bits per heavy atom. The summed E-state index contributed by atoms with van der Waals surface area (Å²) < 4.78 is 16.8. The molecule has 2 rings (SSSR count). The first-order valence-corrected chi connectivity index (χ1v) is 8.51. The zero-order chi connectivity index (χ0) is 13.3. The predicted molar refractivity (Wildman–Crippen MR) is 74.2 cm³/mol. The van der Waals surface area contributed by atoms with Crippen LogP contribution in [0.4, 0.5) is 0 Å². The number of fused-ring (bicyclic) bond motifs is 1. The van der Waals surface area contributed by atoms with E-state index in [9.17, 15) is 4.89 Å². The van der Waals surface area contributed by atoms with Gasteiger partial charge in [-0.2, -0.15) is 0 Å². The molecular weight excluding hydrogens is 251 g/mol. The van der Waals surface area contributed by atoms with Crippen LogP contribution in [0.3, 0.4) is 0 Å². The molecule has 100 valence electrons. The van der Waals surface area contributed by atoms with E-state index in [0.29, 0.717) is 18.7 Å². The van der Waals surface area contributed by atoms with Crippen molar-refractivity contribution in [3.63, 3.8) is 0 Å². The maximum atomic E-state index is 10.8. The van der Waals surface area contributed by atoms with Crippen LogP contribution in [0, 0.1) is 0 Å². The summed E-state index contributed by atoms with van der Waals surface area (Å²) in [5, 5.41) is 0.928. The summed E-state index contributed by atoms with van der Waals surface area (Å²) in [5.41, 5.74) is 1.10. The number of para-hydroxylation sites is 1. The van der Waals surface area contributed by atoms with Crippen molar-refractivity contribution in [1.29, 1.82) is 0 Å². The zero-order valence-electron chi connectivity index (χ0n) is 10.9. The van der Waals surface area contributed by atoms with E-state index in [0.717, 1.165) is 11.0 Å². The Hall–Kier alpha value is -0.930. The van der Waals surface area contributed by atoms with Crippen molar-refractivity contribution in [2.75, 3.05) is 19.9 Å². The van der Waals surface area contributed by atoms with E-state index in [2.05, 4.69) is 0 Å². The molecule has 0 amide bonds. The van der Waals surface area contributed by atoms with Gasteiger partial charge in [-0.05, 0) is 0 Å². The van der Waals surface area contributed by atoms with Crippen molar-refractivity contribution >= 4 is 23.8 Å². The second kappa shape index (κ2) is 4.63. The van der Waals surface area contributed by atoms with E-state index in [1.807, 2.05) is 38.1 Å². The Labute approximate surface area is 107 Å². The number of rotatable bonds is 5. The minimum absolute atomic E-state index is 0.363. The van der Waals surface area contributed by atoms with E-state index < -0.39 is 7.28 Å². The summed E-state index contributed by atoms with van der Waals surface area (Å²) in [5.74, 6) is 0. The molecule has 0 aliphatic rings. The van der Waals surface area contributed by atoms with Gasteiger partial charge < -0.3 is 0 Å². The molecule has 0 aliphatic carbocycles. The van der Waals surface area contributed by atoms with E-state index >= 15 is 0 Å². The molecular formula is C13H19O4P. The standard InChI is InChI=1S/C13H19O4P/c1-4-15-18(3,14,16-5-2)13-10-11-8-6-7-9-12(11)17-13/h6-10,14H,4-5H2,1-3H3. The Kier molecular flexibility index (Phi) is 3.47. The normalized spacial score (nSPS) is 14.6. The van der Waals surface area contributed by atoms with Gasteiger partial charge in [-0.3, -0.25) is 0 Å². The van der Waals surface area contributed by atoms with E-state index in [4.69, 9.17) is 13.5 Å². The van der Waals surface area contributed by atoms with Gasteiger partial charge in [0.05, 0.1) is 0 Å². The first kappa shape index (κ1) is 13.5. The van der Waals surface area contributed by atoms with E-state index in [1.54, 1.807) is 12.7 Å². The number of furan rings is 1. The Morgan fingerprint density at radius 3 is 2.33 bits per heavy atom. The molecule has 18 heavy (non-hydrogen) atoms. The average Bonchev–Trinajstić information content (AvgIpc) is 2.74. The molecule has 0 atom stereocenters. The van der Waals surface area contributed by atoms with Crippen LogP contribution in [0.5, 0.6) is 0 Å². The molecule has 1 aromatic heterocycles. The van der Waals surface area contributed by atoms with Gasteiger partial charge in [-0.1, -0.05) is 0 Å². The Bertz CT molecular complexity index is 504. The van der Waals surface area contributed by atoms with E-state index in [1.165, 1.54) is 0 Å². The number of hydrogen-bond acceptors (Lipinski definition) is 4. The zero-order valence-corrected chi connectivity index (χ0v) is 11.8. The quantitative estimate of drug-likeness (QED) is 0.848. The van der Waals surface area contributed by atoms with Crippen molar-refractivity contribution in [2.24, 2.45) is 0 Å². The molecule has 0 radical (unpaired) electrons. The third kappa shape index (κ3) is 2.29. The van der Waals surface area contributed by atoms with Crippen LogP contribution in [-0.2, 0) is 9.05 Å². The van der Waals surface area contributed by atoms with E-state index in [-0.39, 0.29) is 0 Å². The summed E-state index contributed by atoms with van der Waals surface area (Å²) in [7, 11) is -3.86. The molecule has 1 aromatic carbocycles. The van der Waals surface area contributed by atoms with Crippen LogP contribution in [0.1, 0.15) is 13.8 Å². The van der Waals surface area contributed by atoms with Crippen LogP contribution >= 0.6 is 7.28 Å². The molecule has 4 nitrogen and oxygen atoms in total. The predicted octanol–water partition coefficient (Wildman–Crippen LogP) is 3.05. The summed E-state index contributed by atoms with van der Waals surface area (Å²) in [4.78, 5) is 10.8. The fourth-order valence-corrected chi connectivity index (χ4v) is 4.27. The number of benzene rings is 1. The summed E-state index contributed by atoms with van der Waals surface area (Å²) in [6.07, 6.45) is 0. The fraction of sp³-hybridized carbons (Fsp3) is 0.385. The van der Waals surface area contributed by atoms with Gasteiger partial charge in [0.2, 0.25) is 0 Å². The molecule has 0 fully saturated rings. The first-order chi connectivity index (χ1) is 8.48. The molecule has 0 saturated heterocycles. The molecule has 1 heterocycles. The van der Waals surface area contributed by atoms with Crippen molar-refractivity contribution < 1.29 is 18.4 Å². The van der Waals surface area contributed by atoms with Crippen LogP contribution in [0.2, 0.25) is 0 Å². The maximum absolute atomic E-state index is 10.8. The van der Waals surface area contributed by atoms with Crippen molar-refractivity contribution in [2.45, 2.75) is 13.8 Å². The molecule has 0 spiro atoms. The second-order valence-corrected chi connectivity index (χ2v) is 7.84. The van der Waals surface area contributed by atoms with Gasteiger partial charge in [0, 0.05) is 0 Å².